The number of rotatable bonds is 7. The van der Waals surface area contributed by atoms with Gasteiger partial charge in [0, 0.05) is 26.3 Å². The lowest BCUT2D eigenvalue weighted by Crippen LogP contribution is -2.31. The van der Waals surface area contributed by atoms with Gasteiger partial charge in [0.05, 0.1) is 5.56 Å². The zero-order chi connectivity index (χ0) is 18.2. The molecule has 5 nitrogen and oxygen atoms in total. The summed E-state index contributed by atoms with van der Waals surface area (Å²) >= 11 is 0. The van der Waals surface area contributed by atoms with E-state index < -0.39 is 5.97 Å². The second-order valence-corrected chi connectivity index (χ2v) is 6.14. The van der Waals surface area contributed by atoms with Gasteiger partial charge in [0.2, 0.25) is 0 Å². The molecule has 132 valence electrons. The van der Waals surface area contributed by atoms with Crippen LogP contribution in [0.2, 0.25) is 0 Å². The number of anilines is 1. The molecule has 0 aromatic heterocycles. The van der Waals surface area contributed by atoms with Gasteiger partial charge in [-0.25, -0.2) is 4.79 Å². The van der Waals surface area contributed by atoms with E-state index in [1.807, 2.05) is 62.3 Å². The van der Waals surface area contributed by atoms with Crippen molar-refractivity contribution in [1.29, 1.82) is 0 Å². The highest BCUT2D eigenvalue weighted by atomic mass is 16.5. The Hall–Kier alpha value is -2.82. The van der Waals surface area contributed by atoms with Crippen molar-refractivity contribution >= 4 is 17.6 Å². The van der Waals surface area contributed by atoms with Crippen molar-refractivity contribution in [2.75, 3.05) is 32.1 Å². The van der Waals surface area contributed by atoms with Crippen molar-refractivity contribution in [2.45, 2.75) is 12.8 Å². The van der Waals surface area contributed by atoms with E-state index in [1.54, 1.807) is 18.2 Å². The maximum Gasteiger partial charge on any atom is 0.338 e. The number of hydrogen-bond acceptors (Lipinski definition) is 4. The lowest BCUT2D eigenvalue weighted by Gasteiger charge is -2.14. The van der Waals surface area contributed by atoms with Crippen LogP contribution in [0.5, 0.6) is 0 Å². The number of nitrogens with one attached hydrogen (secondary N) is 1. The molecule has 0 bridgehead atoms. The summed E-state index contributed by atoms with van der Waals surface area (Å²) in [5.74, 6) is -0.618. The Kier molecular flexibility index (Phi) is 6.57. The largest absolute Gasteiger partial charge is 0.452 e. The van der Waals surface area contributed by atoms with E-state index in [4.69, 9.17) is 4.74 Å². The minimum absolute atomic E-state index is 0.192. The summed E-state index contributed by atoms with van der Waals surface area (Å²) in [6, 6.07) is 17.0. The van der Waals surface area contributed by atoms with Crippen LogP contribution in [-0.4, -0.2) is 39.1 Å². The van der Waals surface area contributed by atoms with Crippen LogP contribution in [0.4, 0.5) is 5.69 Å². The van der Waals surface area contributed by atoms with E-state index >= 15 is 0 Å². The molecule has 0 fully saturated rings. The highest BCUT2D eigenvalue weighted by Crippen LogP contribution is 2.14. The summed E-state index contributed by atoms with van der Waals surface area (Å²) in [4.78, 5) is 25.9. The molecular weight excluding hydrogens is 316 g/mol. The summed E-state index contributed by atoms with van der Waals surface area (Å²) in [5.41, 5.74) is 2.48. The lowest BCUT2D eigenvalue weighted by atomic mass is 10.0. The minimum Gasteiger partial charge on any atom is -0.452 e. The zero-order valence-corrected chi connectivity index (χ0v) is 14.9. The molecule has 0 unspecified atom stereocenters. The summed E-state index contributed by atoms with van der Waals surface area (Å²) in [6.07, 6.45) is 0. The smallest absolute Gasteiger partial charge is 0.338 e. The molecule has 2 aromatic rings. The van der Waals surface area contributed by atoms with E-state index in [2.05, 4.69) is 5.32 Å². The Morgan fingerprint density at radius 3 is 2.48 bits per heavy atom. The second-order valence-electron chi connectivity index (χ2n) is 6.14. The summed E-state index contributed by atoms with van der Waals surface area (Å²) in [7, 11) is 3.79. The number of esters is 1. The van der Waals surface area contributed by atoms with Crippen LogP contribution >= 0.6 is 0 Å². The van der Waals surface area contributed by atoms with Crippen LogP contribution in [0.1, 0.15) is 28.8 Å². The van der Waals surface area contributed by atoms with Crippen molar-refractivity contribution in [3.63, 3.8) is 0 Å². The molecule has 0 radical (unpaired) electrons. The molecule has 0 saturated heterocycles. The number of ether oxygens (including phenoxy) is 1. The molecule has 5 heteroatoms. The third-order valence-electron chi connectivity index (χ3n) is 3.91. The fourth-order valence-electron chi connectivity index (χ4n) is 2.34. The Morgan fingerprint density at radius 1 is 1.08 bits per heavy atom. The maximum atomic E-state index is 12.1. The maximum absolute atomic E-state index is 12.1. The molecule has 2 aromatic carbocycles. The van der Waals surface area contributed by atoms with Gasteiger partial charge in [0.1, 0.15) is 0 Å². The van der Waals surface area contributed by atoms with Gasteiger partial charge < -0.3 is 15.0 Å². The van der Waals surface area contributed by atoms with Gasteiger partial charge in [-0.15, -0.1) is 0 Å². The van der Waals surface area contributed by atoms with Gasteiger partial charge in [-0.05, 0) is 29.7 Å². The van der Waals surface area contributed by atoms with Gasteiger partial charge >= 0.3 is 5.97 Å². The Bertz CT molecular complexity index is 714. The van der Waals surface area contributed by atoms with E-state index in [-0.39, 0.29) is 18.4 Å². The second kappa shape index (κ2) is 8.87. The van der Waals surface area contributed by atoms with Gasteiger partial charge in [-0.2, -0.15) is 0 Å². The van der Waals surface area contributed by atoms with Gasteiger partial charge in [0.25, 0.3) is 5.91 Å². The highest BCUT2D eigenvalue weighted by molar-refractivity contribution is 5.92. The SMILES string of the molecule is C[C@@H](CNC(=O)COC(=O)c1cccc(N(C)C)c1)c1ccccc1. The molecule has 1 N–H and O–H groups in total. The lowest BCUT2D eigenvalue weighted by molar-refractivity contribution is -0.124. The number of hydrogen-bond donors (Lipinski definition) is 1. The Balaban J connectivity index is 1.79. The van der Waals surface area contributed by atoms with Crippen molar-refractivity contribution in [3.8, 4) is 0 Å². The van der Waals surface area contributed by atoms with Gasteiger partial charge in [0.15, 0.2) is 6.61 Å². The van der Waals surface area contributed by atoms with Crippen molar-refractivity contribution in [1.82, 2.24) is 5.32 Å². The Morgan fingerprint density at radius 2 is 1.80 bits per heavy atom. The predicted molar refractivity (Wildman–Crippen MR) is 98.9 cm³/mol. The molecule has 1 atom stereocenters. The molecule has 0 heterocycles. The quantitative estimate of drug-likeness (QED) is 0.788. The predicted octanol–water partition coefficient (Wildman–Crippen LogP) is 2.83. The standard InChI is InChI=1S/C20H24N2O3/c1-15(16-8-5-4-6-9-16)13-21-19(23)14-25-20(24)17-10-7-11-18(12-17)22(2)3/h4-12,15H,13-14H2,1-3H3,(H,21,23)/t15-/m0/s1. The van der Waals surface area contributed by atoms with Crippen LogP contribution in [-0.2, 0) is 9.53 Å². The molecular formula is C20H24N2O3. The van der Waals surface area contributed by atoms with Crippen molar-refractivity contribution < 1.29 is 14.3 Å². The molecule has 25 heavy (non-hydrogen) atoms. The topological polar surface area (TPSA) is 58.6 Å². The summed E-state index contributed by atoms with van der Waals surface area (Å²) in [5, 5.41) is 2.79. The van der Waals surface area contributed by atoms with Gasteiger partial charge in [-0.3, -0.25) is 4.79 Å². The third-order valence-corrected chi connectivity index (χ3v) is 3.91. The summed E-state index contributed by atoms with van der Waals surface area (Å²) in [6.45, 7) is 2.25. The van der Waals surface area contributed by atoms with Gasteiger partial charge in [-0.1, -0.05) is 43.3 Å². The number of nitrogens with zero attached hydrogens (tertiary/aromatic N) is 1. The first-order valence-electron chi connectivity index (χ1n) is 8.23. The number of benzene rings is 2. The molecule has 0 saturated carbocycles. The average molecular weight is 340 g/mol. The summed E-state index contributed by atoms with van der Waals surface area (Å²) < 4.78 is 5.09. The molecule has 2 rings (SSSR count). The van der Waals surface area contributed by atoms with Crippen LogP contribution in [0.3, 0.4) is 0 Å². The third kappa shape index (κ3) is 5.64. The zero-order valence-electron chi connectivity index (χ0n) is 14.9. The van der Waals surface area contributed by atoms with Crippen molar-refractivity contribution in [2.24, 2.45) is 0 Å². The first-order chi connectivity index (χ1) is 12.0. The Labute approximate surface area is 148 Å². The molecule has 0 aliphatic carbocycles. The number of carbonyl (C=O) groups excluding carboxylic acids is 2. The van der Waals surface area contributed by atoms with Crippen LogP contribution in [0.25, 0.3) is 0 Å². The highest BCUT2D eigenvalue weighted by Gasteiger charge is 2.12. The van der Waals surface area contributed by atoms with E-state index in [1.165, 1.54) is 0 Å². The normalized spacial score (nSPS) is 11.5. The van der Waals surface area contributed by atoms with E-state index in [9.17, 15) is 9.59 Å². The average Bonchev–Trinajstić information content (AvgIpc) is 2.64. The minimum atomic E-state index is -0.505. The monoisotopic (exact) mass is 340 g/mol. The fourth-order valence-corrected chi connectivity index (χ4v) is 2.34. The first-order valence-corrected chi connectivity index (χ1v) is 8.23. The molecule has 1 amide bonds. The van der Waals surface area contributed by atoms with Crippen LogP contribution in [0, 0.1) is 0 Å². The van der Waals surface area contributed by atoms with Crippen LogP contribution in [0.15, 0.2) is 54.6 Å². The molecule has 0 spiro atoms. The first kappa shape index (κ1) is 18.5. The molecule has 0 aliphatic heterocycles. The van der Waals surface area contributed by atoms with Crippen LogP contribution < -0.4 is 10.2 Å². The van der Waals surface area contributed by atoms with E-state index in [0.717, 1.165) is 11.3 Å². The fraction of sp³-hybridized carbons (Fsp3) is 0.300. The van der Waals surface area contributed by atoms with Crippen molar-refractivity contribution in [3.05, 3.63) is 65.7 Å². The number of amides is 1. The number of carbonyl (C=O) groups is 2. The molecule has 0 aliphatic rings. The van der Waals surface area contributed by atoms with E-state index in [0.29, 0.717) is 12.1 Å².